The van der Waals surface area contributed by atoms with Crippen molar-refractivity contribution in [3.05, 3.63) is 26.8 Å². The monoisotopic (exact) mass is 359 g/mol. The van der Waals surface area contributed by atoms with E-state index in [1.54, 1.807) is 32.0 Å². The first-order valence-electron chi connectivity index (χ1n) is 4.29. The van der Waals surface area contributed by atoms with Crippen molar-refractivity contribution in [3.63, 3.8) is 0 Å². The molecule has 0 aliphatic carbocycles. The minimum absolute atomic E-state index is 0.455. The van der Waals surface area contributed by atoms with Crippen molar-refractivity contribution in [1.29, 1.82) is 0 Å². The standard InChI is InChI=1S/C9H11ClINO2S/c1-6(2)15(13,14)12-9-4-3-7(10)5-8(9)11/h3-6,12H,1-2H3. The molecule has 0 saturated carbocycles. The van der Waals surface area contributed by atoms with Crippen LogP contribution in [-0.2, 0) is 10.0 Å². The Morgan fingerprint density at radius 1 is 1.40 bits per heavy atom. The normalized spacial score (nSPS) is 11.8. The van der Waals surface area contributed by atoms with E-state index in [4.69, 9.17) is 11.6 Å². The van der Waals surface area contributed by atoms with Crippen LogP contribution in [0.1, 0.15) is 13.8 Å². The molecule has 0 heterocycles. The number of hydrogen-bond donors (Lipinski definition) is 1. The fourth-order valence-electron chi connectivity index (χ4n) is 0.843. The molecule has 0 aromatic heterocycles. The van der Waals surface area contributed by atoms with Crippen LogP contribution in [0.25, 0.3) is 0 Å². The van der Waals surface area contributed by atoms with Gasteiger partial charge < -0.3 is 0 Å². The highest BCUT2D eigenvalue weighted by molar-refractivity contribution is 14.1. The molecule has 0 aliphatic heterocycles. The van der Waals surface area contributed by atoms with Crippen LogP contribution >= 0.6 is 34.2 Å². The summed E-state index contributed by atoms with van der Waals surface area (Å²) in [5.41, 5.74) is 0.564. The molecule has 6 heteroatoms. The molecule has 1 aromatic carbocycles. The molecule has 84 valence electrons. The number of benzene rings is 1. The summed E-state index contributed by atoms with van der Waals surface area (Å²) in [4.78, 5) is 0. The van der Waals surface area contributed by atoms with Crippen molar-refractivity contribution in [1.82, 2.24) is 0 Å². The van der Waals surface area contributed by atoms with Gasteiger partial charge in [-0.3, -0.25) is 4.72 Å². The number of sulfonamides is 1. The fourth-order valence-corrected chi connectivity index (χ4v) is 2.75. The third-order valence-electron chi connectivity index (χ3n) is 1.80. The first kappa shape index (κ1) is 13.1. The summed E-state index contributed by atoms with van der Waals surface area (Å²) in [5, 5.41) is 0.135. The maximum absolute atomic E-state index is 11.6. The van der Waals surface area contributed by atoms with Gasteiger partial charge in [0.05, 0.1) is 10.9 Å². The number of nitrogens with one attached hydrogen (secondary N) is 1. The highest BCUT2D eigenvalue weighted by Crippen LogP contribution is 2.23. The molecular weight excluding hydrogens is 349 g/mol. The van der Waals surface area contributed by atoms with Gasteiger partial charge in [0.25, 0.3) is 0 Å². The predicted molar refractivity (Wildman–Crippen MR) is 71.8 cm³/mol. The van der Waals surface area contributed by atoms with Crippen molar-refractivity contribution in [3.8, 4) is 0 Å². The van der Waals surface area contributed by atoms with Gasteiger partial charge >= 0.3 is 0 Å². The van der Waals surface area contributed by atoms with E-state index < -0.39 is 15.3 Å². The van der Waals surface area contributed by atoms with Gasteiger partial charge in [-0.2, -0.15) is 0 Å². The summed E-state index contributed by atoms with van der Waals surface area (Å²) < 4.78 is 26.5. The molecule has 1 N–H and O–H groups in total. The Morgan fingerprint density at radius 2 is 2.00 bits per heavy atom. The second-order valence-electron chi connectivity index (χ2n) is 3.32. The molecule has 0 amide bonds. The highest BCUT2D eigenvalue weighted by Gasteiger charge is 2.16. The lowest BCUT2D eigenvalue weighted by atomic mass is 10.3. The molecule has 0 spiro atoms. The Bertz CT molecular complexity index is 459. The first-order chi connectivity index (χ1) is 6.83. The van der Waals surface area contributed by atoms with Crippen LogP contribution in [0, 0.1) is 3.57 Å². The zero-order chi connectivity index (χ0) is 11.6. The molecule has 3 nitrogen and oxygen atoms in total. The van der Waals surface area contributed by atoms with Crippen molar-refractivity contribution in [2.75, 3.05) is 4.72 Å². The van der Waals surface area contributed by atoms with Crippen LogP contribution in [0.4, 0.5) is 5.69 Å². The summed E-state index contributed by atoms with van der Waals surface area (Å²) in [6, 6.07) is 5.02. The van der Waals surface area contributed by atoms with Crippen LogP contribution in [0.3, 0.4) is 0 Å². The van der Waals surface area contributed by atoms with Crippen LogP contribution in [0.15, 0.2) is 18.2 Å². The van der Waals surface area contributed by atoms with E-state index in [1.807, 2.05) is 22.6 Å². The maximum atomic E-state index is 11.6. The molecular formula is C9H11ClINO2S. The van der Waals surface area contributed by atoms with Crippen LogP contribution in [0.2, 0.25) is 5.02 Å². The lowest BCUT2D eigenvalue weighted by Crippen LogP contribution is -2.22. The summed E-state index contributed by atoms with van der Waals surface area (Å²) in [6.07, 6.45) is 0. The molecule has 1 aromatic rings. The van der Waals surface area contributed by atoms with Crippen LogP contribution < -0.4 is 4.72 Å². The molecule has 15 heavy (non-hydrogen) atoms. The van der Waals surface area contributed by atoms with Gasteiger partial charge in [-0.25, -0.2) is 8.42 Å². The van der Waals surface area contributed by atoms with E-state index in [0.717, 1.165) is 3.57 Å². The molecule has 1 rings (SSSR count). The fraction of sp³-hybridized carbons (Fsp3) is 0.333. The Morgan fingerprint density at radius 3 is 2.47 bits per heavy atom. The van der Waals surface area contributed by atoms with Gasteiger partial charge in [-0.1, -0.05) is 11.6 Å². The van der Waals surface area contributed by atoms with Gasteiger partial charge in [0.1, 0.15) is 0 Å². The average Bonchev–Trinajstić information content (AvgIpc) is 2.09. The molecule has 0 radical (unpaired) electrons. The maximum Gasteiger partial charge on any atom is 0.235 e. The largest absolute Gasteiger partial charge is 0.282 e. The minimum Gasteiger partial charge on any atom is -0.282 e. The van der Waals surface area contributed by atoms with E-state index in [0.29, 0.717) is 10.7 Å². The van der Waals surface area contributed by atoms with Gasteiger partial charge in [0, 0.05) is 8.59 Å². The molecule has 0 saturated heterocycles. The van der Waals surface area contributed by atoms with Crippen molar-refractivity contribution < 1.29 is 8.42 Å². The molecule has 0 bridgehead atoms. The number of hydrogen-bond acceptors (Lipinski definition) is 2. The lowest BCUT2D eigenvalue weighted by molar-refractivity contribution is 0.593. The smallest absolute Gasteiger partial charge is 0.235 e. The van der Waals surface area contributed by atoms with E-state index in [2.05, 4.69) is 4.72 Å². The van der Waals surface area contributed by atoms with E-state index in [9.17, 15) is 8.42 Å². The van der Waals surface area contributed by atoms with Crippen molar-refractivity contribution >= 4 is 49.9 Å². The Balaban J connectivity index is 3.01. The number of anilines is 1. The first-order valence-corrected chi connectivity index (χ1v) is 7.30. The van der Waals surface area contributed by atoms with Crippen molar-refractivity contribution in [2.45, 2.75) is 19.1 Å². The Kier molecular flexibility index (Phi) is 4.25. The summed E-state index contributed by atoms with van der Waals surface area (Å²) in [5.74, 6) is 0. The zero-order valence-corrected chi connectivity index (χ0v) is 12.0. The van der Waals surface area contributed by atoms with Crippen LogP contribution in [-0.4, -0.2) is 13.7 Å². The zero-order valence-electron chi connectivity index (χ0n) is 8.29. The number of halogens is 2. The quantitative estimate of drug-likeness (QED) is 0.843. The minimum atomic E-state index is -3.28. The third kappa shape index (κ3) is 3.49. The highest BCUT2D eigenvalue weighted by atomic mass is 127. The summed E-state index contributed by atoms with van der Waals surface area (Å²) in [6.45, 7) is 3.26. The summed E-state index contributed by atoms with van der Waals surface area (Å²) >= 11 is 7.81. The lowest BCUT2D eigenvalue weighted by Gasteiger charge is -2.12. The topological polar surface area (TPSA) is 46.2 Å². The molecule has 0 atom stereocenters. The van der Waals surface area contributed by atoms with E-state index >= 15 is 0 Å². The van der Waals surface area contributed by atoms with Gasteiger partial charge in [0.15, 0.2) is 0 Å². The Labute approximate surface area is 108 Å². The SMILES string of the molecule is CC(C)S(=O)(=O)Nc1ccc(Cl)cc1I. The van der Waals surface area contributed by atoms with Gasteiger partial charge in [-0.15, -0.1) is 0 Å². The van der Waals surface area contributed by atoms with Gasteiger partial charge in [-0.05, 0) is 54.6 Å². The summed E-state index contributed by atoms with van der Waals surface area (Å²) in [7, 11) is -3.28. The molecule has 0 aliphatic rings. The van der Waals surface area contributed by atoms with E-state index in [-0.39, 0.29) is 0 Å². The van der Waals surface area contributed by atoms with E-state index in [1.165, 1.54) is 0 Å². The number of rotatable bonds is 3. The molecule has 0 fully saturated rings. The third-order valence-corrected chi connectivity index (χ3v) is 4.68. The Hall–Kier alpha value is -0.0100. The van der Waals surface area contributed by atoms with Gasteiger partial charge in [0.2, 0.25) is 10.0 Å². The van der Waals surface area contributed by atoms with Crippen molar-refractivity contribution in [2.24, 2.45) is 0 Å². The second kappa shape index (κ2) is 4.88. The van der Waals surface area contributed by atoms with Crippen LogP contribution in [0.5, 0.6) is 0 Å². The second-order valence-corrected chi connectivity index (χ2v) is 7.16. The molecule has 0 unspecified atom stereocenters. The predicted octanol–water partition coefficient (Wildman–Crippen LogP) is 3.09. The average molecular weight is 360 g/mol.